The molecule has 4 aromatic rings. The van der Waals surface area contributed by atoms with Gasteiger partial charge in [0.25, 0.3) is 5.91 Å². The number of thioether (sulfide) groups is 2. The van der Waals surface area contributed by atoms with Crippen molar-refractivity contribution in [1.29, 1.82) is 0 Å². The molecule has 5 rings (SSSR count). The molecule has 0 saturated heterocycles. The second-order valence-electron chi connectivity index (χ2n) is 8.90. The third-order valence-electron chi connectivity index (χ3n) is 6.25. The van der Waals surface area contributed by atoms with Crippen LogP contribution in [0.3, 0.4) is 0 Å². The maximum absolute atomic E-state index is 13.6. The van der Waals surface area contributed by atoms with E-state index in [2.05, 4.69) is 15.6 Å². The van der Waals surface area contributed by atoms with Crippen molar-refractivity contribution in [3.05, 3.63) is 107 Å². The zero-order chi connectivity index (χ0) is 26.6. The van der Waals surface area contributed by atoms with Crippen molar-refractivity contribution in [3.63, 3.8) is 0 Å². The number of aromatic nitrogens is 3. The molecular weight excluding hydrogens is 514 g/mol. The number of nitrogens with zero attached hydrogens (tertiary/aromatic N) is 3. The molecule has 1 atom stereocenters. The Labute approximate surface area is 230 Å². The normalized spacial score (nSPS) is 14.6. The van der Waals surface area contributed by atoms with Crippen LogP contribution in [0.2, 0.25) is 0 Å². The number of benzene rings is 3. The van der Waals surface area contributed by atoms with E-state index in [0.717, 1.165) is 16.0 Å². The first kappa shape index (κ1) is 25.8. The van der Waals surface area contributed by atoms with Gasteiger partial charge in [0.15, 0.2) is 5.78 Å². The van der Waals surface area contributed by atoms with Crippen LogP contribution < -0.4 is 10.6 Å². The second-order valence-corrected chi connectivity index (χ2v) is 10.7. The molecule has 9 heteroatoms. The topological polar surface area (TPSA) is 88.9 Å². The minimum atomic E-state index is -0.486. The number of anilines is 2. The Bertz CT molecular complexity index is 1500. The number of allylic oxidation sites excluding steroid dienone is 1. The summed E-state index contributed by atoms with van der Waals surface area (Å²) < 4.78 is 1.74. The Morgan fingerprint density at radius 2 is 1.68 bits per heavy atom. The minimum Gasteiger partial charge on any atom is -0.328 e. The van der Waals surface area contributed by atoms with E-state index in [9.17, 15) is 9.59 Å². The number of nitrogens with one attached hydrogen (secondary N) is 2. The van der Waals surface area contributed by atoms with E-state index in [-0.39, 0.29) is 17.4 Å². The number of hydrogen-bond acceptors (Lipinski definition) is 7. The molecule has 192 valence electrons. The van der Waals surface area contributed by atoms with Gasteiger partial charge >= 0.3 is 0 Å². The quantitative estimate of drug-likeness (QED) is 0.202. The zero-order valence-corrected chi connectivity index (χ0v) is 22.9. The van der Waals surface area contributed by atoms with Gasteiger partial charge < -0.3 is 10.6 Å². The standard InChI is InChI=1S/C29H27N5O2S2/c1-18-9-11-20(12-10-18)24(35)17-38-29-32-28-30-19(2)25(27(36)31-22-7-5-4-6-8-22)26(34(28)33-29)21-13-15-23(37-3)16-14-21/h4-16,26H,17H2,1-3H3,(H,31,36)(H,30,32,33)/t26-/m1/s1. The Morgan fingerprint density at radius 1 is 0.974 bits per heavy atom. The van der Waals surface area contributed by atoms with E-state index in [1.807, 2.05) is 99.0 Å². The summed E-state index contributed by atoms with van der Waals surface area (Å²) in [6.07, 6.45) is 2.03. The lowest BCUT2D eigenvalue weighted by Crippen LogP contribution is -2.31. The van der Waals surface area contributed by atoms with Gasteiger partial charge in [0.1, 0.15) is 6.04 Å². The number of para-hydroxylation sites is 1. The van der Waals surface area contributed by atoms with Crippen molar-refractivity contribution >= 4 is 46.8 Å². The van der Waals surface area contributed by atoms with E-state index >= 15 is 0 Å². The first-order chi connectivity index (χ1) is 18.4. The highest BCUT2D eigenvalue weighted by molar-refractivity contribution is 7.99. The van der Waals surface area contributed by atoms with E-state index in [1.54, 1.807) is 16.4 Å². The summed E-state index contributed by atoms with van der Waals surface area (Å²) in [6, 6.07) is 24.5. The molecule has 0 spiro atoms. The summed E-state index contributed by atoms with van der Waals surface area (Å²) in [4.78, 5) is 32.1. The fraction of sp³-hybridized carbons (Fsp3) is 0.172. The molecule has 0 bridgehead atoms. The summed E-state index contributed by atoms with van der Waals surface area (Å²) in [5.74, 6) is 0.540. The number of aryl methyl sites for hydroxylation is 1. The third-order valence-corrected chi connectivity index (χ3v) is 7.83. The molecule has 2 N–H and O–H groups in total. The van der Waals surface area contributed by atoms with Gasteiger partial charge in [0.05, 0.1) is 11.3 Å². The monoisotopic (exact) mass is 541 g/mol. The average molecular weight is 542 g/mol. The first-order valence-corrected chi connectivity index (χ1v) is 14.3. The Kier molecular flexibility index (Phi) is 7.67. The largest absolute Gasteiger partial charge is 0.328 e. The van der Waals surface area contributed by atoms with Crippen molar-refractivity contribution in [2.45, 2.75) is 29.9 Å². The Hall–Kier alpha value is -3.82. The summed E-state index contributed by atoms with van der Waals surface area (Å²) in [6.45, 7) is 3.86. The maximum Gasteiger partial charge on any atom is 0.255 e. The van der Waals surface area contributed by atoms with E-state index in [1.165, 1.54) is 11.8 Å². The Morgan fingerprint density at radius 3 is 2.37 bits per heavy atom. The molecule has 1 aliphatic heterocycles. The van der Waals surface area contributed by atoms with E-state index in [4.69, 9.17) is 5.10 Å². The van der Waals surface area contributed by atoms with Crippen LogP contribution in [0.25, 0.3) is 0 Å². The van der Waals surface area contributed by atoms with Crippen LogP contribution >= 0.6 is 23.5 Å². The van der Waals surface area contributed by atoms with Crippen molar-refractivity contribution < 1.29 is 9.59 Å². The lowest BCUT2D eigenvalue weighted by atomic mass is 9.95. The van der Waals surface area contributed by atoms with Gasteiger partial charge in [0, 0.05) is 21.8 Å². The van der Waals surface area contributed by atoms with Crippen molar-refractivity contribution in [1.82, 2.24) is 14.8 Å². The minimum absolute atomic E-state index is 0.0113. The summed E-state index contributed by atoms with van der Waals surface area (Å²) in [7, 11) is 0. The zero-order valence-electron chi connectivity index (χ0n) is 21.3. The van der Waals surface area contributed by atoms with Crippen molar-refractivity contribution in [2.75, 3.05) is 22.6 Å². The highest BCUT2D eigenvalue weighted by Gasteiger charge is 2.34. The van der Waals surface area contributed by atoms with Gasteiger partial charge in [-0.15, -0.1) is 16.9 Å². The molecular formula is C29H27N5O2S2. The maximum atomic E-state index is 13.6. The molecule has 38 heavy (non-hydrogen) atoms. The van der Waals surface area contributed by atoms with Gasteiger partial charge in [0.2, 0.25) is 11.1 Å². The fourth-order valence-corrected chi connectivity index (χ4v) is 5.39. The third kappa shape index (κ3) is 5.54. The molecule has 0 radical (unpaired) electrons. The van der Waals surface area contributed by atoms with Gasteiger partial charge in [-0.2, -0.15) is 4.98 Å². The summed E-state index contributed by atoms with van der Waals surface area (Å²) >= 11 is 2.94. The number of rotatable bonds is 8. The SMILES string of the molecule is CSc1ccc([C@@H]2C(C(=O)Nc3ccccc3)=C(C)Nc3nc(SCC(=O)c4ccc(C)cc4)nn32)cc1. The van der Waals surface area contributed by atoms with Crippen LogP contribution in [0, 0.1) is 6.92 Å². The molecule has 2 heterocycles. The average Bonchev–Trinajstić information content (AvgIpc) is 3.34. The Balaban J connectivity index is 1.45. The van der Waals surface area contributed by atoms with E-state index in [0.29, 0.717) is 33.6 Å². The van der Waals surface area contributed by atoms with Crippen LogP contribution in [-0.4, -0.2) is 38.5 Å². The van der Waals surface area contributed by atoms with Crippen LogP contribution in [0.1, 0.15) is 34.5 Å². The molecule has 0 saturated carbocycles. The lowest BCUT2D eigenvalue weighted by Gasteiger charge is -2.28. The van der Waals surface area contributed by atoms with Gasteiger partial charge in [-0.05, 0) is 49.9 Å². The summed E-state index contributed by atoms with van der Waals surface area (Å²) in [5.41, 5.74) is 4.65. The van der Waals surface area contributed by atoms with E-state index < -0.39 is 6.04 Å². The van der Waals surface area contributed by atoms with Crippen molar-refractivity contribution in [3.8, 4) is 0 Å². The number of carbonyl (C=O) groups excluding carboxylic acids is 2. The number of amides is 1. The number of Topliss-reactive ketones (excluding diaryl/α,β-unsaturated/α-hetero) is 1. The molecule has 1 amide bonds. The van der Waals surface area contributed by atoms with Crippen LogP contribution in [0.15, 0.2) is 100 Å². The molecule has 0 unspecified atom stereocenters. The molecule has 1 aromatic heterocycles. The molecule has 3 aromatic carbocycles. The second kappa shape index (κ2) is 11.3. The molecule has 0 fully saturated rings. The highest BCUT2D eigenvalue weighted by atomic mass is 32.2. The predicted molar refractivity (Wildman–Crippen MR) is 154 cm³/mol. The van der Waals surface area contributed by atoms with Gasteiger partial charge in [-0.1, -0.05) is 71.9 Å². The van der Waals surface area contributed by atoms with Crippen LogP contribution in [0.4, 0.5) is 11.6 Å². The van der Waals surface area contributed by atoms with Crippen molar-refractivity contribution in [2.24, 2.45) is 0 Å². The number of carbonyl (C=O) groups is 2. The van der Waals surface area contributed by atoms with Crippen LogP contribution in [-0.2, 0) is 4.79 Å². The van der Waals surface area contributed by atoms with Gasteiger partial charge in [-0.25, -0.2) is 4.68 Å². The fourth-order valence-electron chi connectivity index (χ4n) is 4.25. The van der Waals surface area contributed by atoms with Crippen LogP contribution in [0.5, 0.6) is 0 Å². The number of ketones is 1. The summed E-state index contributed by atoms with van der Waals surface area (Å²) in [5, 5.41) is 11.5. The molecule has 1 aliphatic rings. The van der Waals surface area contributed by atoms with Gasteiger partial charge in [-0.3, -0.25) is 9.59 Å². The molecule has 0 aliphatic carbocycles. The number of hydrogen-bond donors (Lipinski definition) is 2. The lowest BCUT2D eigenvalue weighted by molar-refractivity contribution is -0.113. The smallest absolute Gasteiger partial charge is 0.255 e. The highest BCUT2D eigenvalue weighted by Crippen LogP contribution is 2.37. The predicted octanol–water partition coefficient (Wildman–Crippen LogP) is 6.21. The first-order valence-electron chi connectivity index (χ1n) is 12.1. The molecule has 7 nitrogen and oxygen atoms in total. The number of fused-ring (bicyclic) bond motifs is 1.